The first-order chi connectivity index (χ1) is 11.9. The molecular weight excluding hydrogens is 483 g/mol. The number of benzene rings is 2. The van der Waals surface area contributed by atoms with Gasteiger partial charge >= 0.3 is 0 Å². The fraction of sp³-hybridized carbons (Fsp3) is 0.167. The van der Waals surface area contributed by atoms with Gasteiger partial charge in [0.2, 0.25) is 0 Å². The number of hydrogen-bond acceptors (Lipinski definition) is 0. The molecule has 2 aromatic rings. The van der Waals surface area contributed by atoms with Gasteiger partial charge in [-0.2, -0.15) is 0 Å². The van der Waals surface area contributed by atoms with E-state index in [0.717, 1.165) is 11.1 Å². The Kier molecular flexibility index (Phi) is 15.1. The Bertz CT molecular complexity index is 607. The molecule has 1 aliphatic carbocycles. The molecule has 0 aliphatic heterocycles. The van der Waals surface area contributed by atoms with Crippen LogP contribution in [-0.4, -0.2) is 0 Å². The van der Waals surface area contributed by atoms with E-state index in [0.29, 0.717) is 0 Å². The van der Waals surface area contributed by atoms with Crippen molar-refractivity contribution in [1.29, 1.82) is 0 Å². The molecule has 0 radical (unpaired) electrons. The van der Waals surface area contributed by atoms with Crippen LogP contribution in [0, 0.1) is 24.7 Å². The van der Waals surface area contributed by atoms with Crippen LogP contribution in [0.4, 0.5) is 0 Å². The molecule has 0 saturated carbocycles. The van der Waals surface area contributed by atoms with Crippen LogP contribution in [0.5, 0.6) is 0 Å². The molecule has 0 atom stereocenters. The molecule has 0 bridgehead atoms. The van der Waals surface area contributed by atoms with Gasteiger partial charge < -0.3 is 0 Å². The van der Waals surface area contributed by atoms with Crippen LogP contribution in [0.15, 0.2) is 85.0 Å². The first-order valence-corrected chi connectivity index (χ1v) is 8.20. The third-order valence-electron chi connectivity index (χ3n) is 3.21. The summed E-state index contributed by atoms with van der Waals surface area (Å²) in [6.45, 7) is 0. The number of rotatable bonds is 0. The van der Waals surface area contributed by atoms with Gasteiger partial charge in [0.05, 0.1) is 0 Å². The van der Waals surface area contributed by atoms with Gasteiger partial charge in [0.1, 0.15) is 0 Å². The minimum Gasteiger partial charge on any atom is -0.115 e. The Balaban J connectivity index is 0.000000339. The van der Waals surface area contributed by atoms with Crippen LogP contribution < -0.4 is 0 Å². The normalized spacial score (nSPS) is 11.4. The quantitative estimate of drug-likeness (QED) is 0.303. The average Bonchev–Trinajstić information content (AvgIpc) is 2.63. The van der Waals surface area contributed by atoms with E-state index in [4.69, 9.17) is 12.8 Å². The molecule has 0 saturated heterocycles. The van der Waals surface area contributed by atoms with E-state index in [-0.39, 0.29) is 21.1 Å². The molecule has 0 amide bonds. The maximum atomic E-state index is 5.10. The third-order valence-corrected chi connectivity index (χ3v) is 3.21. The number of hydrogen-bond donors (Lipinski definition) is 0. The molecule has 1 heteroatoms. The summed E-state index contributed by atoms with van der Waals surface area (Å²) in [4.78, 5) is 0. The van der Waals surface area contributed by atoms with E-state index in [2.05, 4.69) is 36.1 Å². The molecule has 3 rings (SSSR count). The van der Waals surface area contributed by atoms with Gasteiger partial charge in [0.25, 0.3) is 0 Å². The van der Waals surface area contributed by atoms with Crippen molar-refractivity contribution in [3.8, 4) is 24.7 Å². The smallest absolute Gasteiger partial charge is 0.0242 e. The molecule has 0 aromatic heterocycles. The second-order valence-electron chi connectivity index (χ2n) is 5.12. The molecule has 0 N–H and O–H groups in total. The average molecular weight is 508 g/mol. The zero-order valence-electron chi connectivity index (χ0n) is 14.4. The van der Waals surface area contributed by atoms with E-state index < -0.39 is 0 Å². The molecular formula is C24H24Pt. The zero-order valence-corrected chi connectivity index (χ0v) is 16.7. The molecule has 25 heavy (non-hydrogen) atoms. The van der Waals surface area contributed by atoms with Gasteiger partial charge in [-0.1, -0.05) is 72.5 Å². The molecule has 1 aliphatic rings. The Labute approximate surface area is 167 Å². The summed E-state index contributed by atoms with van der Waals surface area (Å²) in [5.74, 6) is 5.05. The van der Waals surface area contributed by atoms with Crippen LogP contribution in [0.2, 0.25) is 0 Å². The molecule has 0 spiro atoms. The van der Waals surface area contributed by atoms with Crippen LogP contribution in [0.3, 0.4) is 0 Å². The van der Waals surface area contributed by atoms with E-state index >= 15 is 0 Å². The summed E-state index contributed by atoms with van der Waals surface area (Å²) < 4.78 is 0. The van der Waals surface area contributed by atoms with Crippen molar-refractivity contribution < 1.29 is 21.1 Å². The van der Waals surface area contributed by atoms with Gasteiger partial charge in [-0.3, -0.25) is 0 Å². The van der Waals surface area contributed by atoms with Crippen molar-refractivity contribution >= 4 is 0 Å². The maximum absolute atomic E-state index is 5.10. The summed E-state index contributed by atoms with van der Waals surface area (Å²) in [5, 5.41) is 0. The minimum absolute atomic E-state index is 0. The largest absolute Gasteiger partial charge is 0.115 e. The van der Waals surface area contributed by atoms with Crippen LogP contribution in [0.1, 0.15) is 36.8 Å². The second-order valence-corrected chi connectivity index (χ2v) is 5.12. The topological polar surface area (TPSA) is 0 Å². The van der Waals surface area contributed by atoms with Crippen LogP contribution in [-0.2, 0) is 21.1 Å². The molecule has 0 unspecified atom stereocenters. The number of terminal acetylenes is 2. The second kappa shape index (κ2) is 16.6. The first-order valence-electron chi connectivity index (χ1n) is 8.20. The summed E-state index contributed by atoms with van der Waals surface area (Å²) in [7, 11) is 0. The van der Waals surface area contributed by atoms with Crippen molar-refractivity contribution in [3.63, 3.8) is 0 Å². The molecule has 130 valence electrons. The standard InChI is InChI=1S/2C8H6.C8H12.Pt/c2*1-2-8-6-4-3-5-7-8;1-2-4-6-8-7-5-3-1;/h2*1,3-7H;1-2,7-8H,3-6H2;. The zero-order chi connectivity index (χ0) is 17.3. The predicted octanol–water partition coefficient (Wildman–Crippen LogP) is 6.01. The van der Waals surface area contributed by atoms with E-state index in [9.17, 15) is 0 Å². The van der Waals surface area contributed by atoms with Crippen molar-refractivity contribution in [2.45, 2.75) is 25.7 Å². The summed E-state index contributed by atoms with van der Waals surface area (Å²) in [5.41, 5.74) is 1.88. The van der Waals surface area contributed by atoms with E-state index in [1.807, 2.05) is 60.7 Å². The van der Waals surface area contributed by atoms with Crippen molar-refractivity contribution in [1.82, 2.24) is 0 Å². The fourth-order valence-corrected chi connectivity index (χ4v) is 1.93. The molecule has 0 nitrogen and oxygen atoms in total. The van der Waals surface area contributed by atoms with E-state index in [1.54, 1.807) is 0 Å². The van der Waals surface area contributed by atoms with Crippen molar-refractivity contribution in [2.75, 3.05) is 0 Å². The Morgan fingerprint density at radius 2 is 0.800 bits per heavy atom. The van der Waals surface area contributed by atoms with Crippen LogP contribution in [0.25, 0.3) is 0 Å². The van der Waals surface area contributed by atoms with Crippen LogP contribution >= 0.6 is 0 Å². The Hall–Kier alpha value is -2.27. The summed E-state index contributed by atoms with van der Waals surface area (Å²) in [6, 6.07) is 19.2. The third kappa shape index (κ3) is 12.8. The monoisotopic (exact) mass is 507 g/mol. The van der Waals surface area contributed by atoms with Gasteiger partial charge in [0.15, 0.2) is 0 Å². The SMILES string of the molecule is C#Cc1ccccc1.C#Cc1ccccc1.C1=CCCC=CCC1.[Pt]. The van der Waals surface area contributed by atoms with Gasteiger partial charge in [-0.25, -0.2) is 0 Å². The van der Waals surface area contributed by atoms with Gasteiger partial charge in [-0.05, 0) is 49.9 Å². The number of allylic oxidation sites excluding steroid dienone is 4. The summed E-state index contributed by atoms with van der Waals surface area (Å²) >= 11 is 0. The van der Waals surface area contributed by atoms with Gasteiger partial charge in [-0.15, -0.1) is 12.8 Å². The van der Waals surface area contributed by atoms with E-state index in [1.165, 1.54) is 25.7 Å². The Morgan fingerprint density at radius 3 is 1.00 bits per heavy atom. The maximum Gasteiger partial charge on any atom is 0.0242 e. The fourth-order valence-electron chi connectivity index (χ4n) is 1.93. The first kappa shape index (κ1) is 22.7. The molecule has 0 fully saturated rings. The molecule has 2 aromatic carbocycles. The minimum atomic E-state index is 0. The summed E-state index contributed by atoms with van der Waals surface area (Å²) in [6.07, 6.45) is 24.2. The Morgan fingerprint density at radius 1 is 0.520 bits per heavy atom. The molecule has 0 heterocycles. The van der Waals surface area contributed by atoms with Crippen molar-refractivity contribution in [3.05, 3.63) is 96.1 Å². The van der Waals surface area contributed by atoms with Gasteiger partial charge in [0, 0.05) is 32.2 Å². The predicted molar refractivity (Wildman–Crippen MR) is 106 cm³/mol. The van der Waals surface area contributed by atoms with Crippen molar-refractivity contribution in [2.24, 2.45) is 0 Å².